The molecule has 0 fully saturated rings. The van der Waals surface area contributed by atoms with Crippen LogP contribution in [0.15, 0.2) is 12.1 Å². The lowest BCUT2D eigenvalue weighted by Gasteiger charge is -2.19. The van der Waals surface area contributed by atoms with Crippen molar-refractivity contribution >= 4 is 27.4 Å². The first-order valence-corrected chi connectivity index (χ1v) is 8.37. The molecule has 1 amide bonds. The van der Waals surface area contributed by atoms with Gasteiger partial charge in [0.25, 0.3) is 0 Å². The third kappa shape index (κ3) is 4.07. The van der Waals surface area contributed by atoms with E-state index in [1.54, 1.807) is 19.9 Å². The van der Waals surface area contributed by atoms with Crippen LogP contribution in [0.25, 0.3) is 0 Å². The monoisotopic (exact) mass is 327 g/mol. The predicted octanol–water partition coefficient (Wildman–Crippen LogP) is 2.15. The van der Waals surface area contributed by atoms with E-state index >= 15 is 0 Å². The van der Waals surface area contributed by atoms with Gasteiger partial charge in [0.1, 0.15) is 5.75 Å². The highest BCUT2D eigenvalue weighted by Crippen LogP contribution is 2.22. The van der Waals surface area contributed by atoms with Crippen molar-refractivity contribution in [2.45, 2.75) is 39.4 Å². The van der Waals surface area contributed by atoms with E-state index in [-0.39, 0.29) is 5.56 Å². The van der Waals surface area contributed by atoms with Crippen molar-refractivity contribution in [2.24, 2.45) is 0 Å². The standard InChI is InChI=1S/C15H21NO5S/c1-9-6-10(2)12(7-11(9)14(18)19)16-13(17)8-22(20,21)15(3,4)5/h6-7H,8H2,1-5H3,(H,16,17)(H,18,19). The van der Waals surface area contributed by atoms with E-state index < -0.39 is 32.2 Å². The molecule has 6 nitrogen and oxygen atoms in total. The number of aryl methyl sites for hydroxylation is 2. The maximum Gasteiger partial charge on any atom is 0.336 e. The Kier molecular flexibility index (Phi) is 5.02. The number of benzene rings is 1. The van der Waals surface area contributed by atoms with Gasteiger partial charge in [-0.25, -0.2) is 13.2 Å². The number of hydrogen-bond donors (Lipinski definition) is 2. The van der Waals surface area contributed by atoms with Gasteiger partial charge < -0.3 is 10.4 Å². The molecule has 0 aromatic heterocycles. The summed E-state index contributed by atoms with van der Waals surface area (Å²) < 4.78 is 23.0. The van der Waals surface area contributed by atoms with Crippen LogP contribution in [0.1, 0.15) is 42.3 Å². The summed E-state index contributed by atoms with van der Waals surface area (Å²) >= 11 is 0. The zero-order valence-electron chi connectivity index (χ0n) is 13.4. The van der Waals surface area contributed by atoms with Crippen LogP contribution in [0, 0.1) is 13.8 Å². The Hall–Kier alpha value is -1.89. The Morgan fingerprint density at radius 2 is 1.68 bits per heavy atom. The van der Waals surface area contributed by atoms with Crippen LogP contribution in [0.4, 0.5) is 5.69 Å². The van der Waals surface area contributed by atoms with Crippen molar-refractivity contribution in [3.8, 4) is 0 Å². The first-order chi connectivity index (χ1) is 9.85. The quantitative estimate of drug-likeness (QED) is 0.882. The molecule has 0 aliphatic rings. The highest BCUT2D eigenvalue weighted by molar-refractivity contribution is 7.93. The van der Waals surface area contributed by atoms with Crippen LogP contribution in [0.3, 0.4) is 0 Å². The molecule has 0 aliphatic heterocycles. The molecule has 1 aromatic rings. The number of carboxylic acid groups (broad SMARTS) is 1. The molecule has 0 saturated heterocycles. The van der Waals surface area contributed by atoms with E-state index in [0.29, 0.717) is 16.8 Å². The van der Waals surface area contributed by atoms with E-state index in [0.717, 1.165) is 0 Å². The zero-order valence-corrected chi connectivity index (χ0v) is 14.2. The van der Waals surface area contributed by atoms with Crippen LogP contribution < -0.4 is 5.32 Å². The second-order valence-electron chi connectivity index (χ2n) is 6.21. The lowest BCUT2D eigenvalue weighted by Crippen LogP contribution is -2.35. The second-order valence-corrected chi connectivity index (χ2v) is 8.95. The average Bonchev–Trinajstić information content (AvgIpc) is 2.29. The van der Waals surface area contributed by atoms with Gasteiger partial charge in [-0.2, -0.15) is 0 Å². The first-order valence-electron chi connectivity index (χ1n) is 6.72. The largest absolute Gasteiger partial charge is 0.478 e. The molecular weight excluding hydrogens is 306 g/mol. The molecule has 2 N–H and O–H groups in total. The third-order valence-corrected chi connectivity index (χ3v) is 5.84. The van der Waals surface area contributed by atoms with Crippen molar-refractivity contribution in [2.75, 3.05) is 11.1 Å². The maximum atomic E-state index is 12.0. The SMILES string of the molecule is Cc1cc(C)c(C(=O)O)cc1NC(=O)CS(=O)(=O)C(C)(C)C. The number of carboxylic acids is 1. The summed E-state index contributed by atoms with van der Waals surface area (Å²) in [7, 11) is -3.59. The van der Waals surface area contributed by atoms with Crippen LogP contribution in [0.5, 0.6) is 0 Å². The van der Waals surface area contributed by atoms with E-state index in [4.69, 9.17) is 5.11 Å². The molecule has 0 aliphatic carbocycles. The molecule has 0 unspecified atom stereocenters. The summed E-state index contributed by atoms with van der Waals surface area (Å²) in [5, 5.41) is 11.6. The molecular formula is C15H21NO5S. The Bertz CT molecular complexity index is 714. The van der Waals surface area contributed by atoms with Crippen LogP contribution in [0.2, 0.25) is 0 Å². The number of amides is 1. The minimum Gasteiger partial charge on any atom is -0.478 e. The number of sulfone groups is 1. The number of carbonyl (C=O) groups is 2. The molecule has 1 aromatic carbocycles. The van der Waals surface area contributed by atoms with Gasteiger partial charge in [0, 0.05) is 5.69 Å². The average molecular weight is 327 g/mol. The van der Waals surface area contributed by atoms with Crippen LogP contribution in [-0.4, -0.2) is 35.9 Å². The van der Waals surface area contributed by atoms with Gasteiger partial charge in [-0.3, -0.25) is 4.79 Å². The van der Waals surface area contributed by atoms with Crippen molar-refractivity contribution in [3.05, 3.63) is 28.8 Å². The van der Waals surface area contributed by atoms with E-state index in [1.807, 2.05) is 0 Å². The minimum atomic E-state index is -3.59. The summed E-state index contributed by atoms with van der Waals surface area (Å²) in [6.45, 7) is 7.94. The Balaban J connectivity index is 3.04. The summed E-state index contributed by atoms with van der Waals surface area (Å²) in [4.78, 5) is 23.1. The molecule has 0 heterocycles. The first kappa shape index (κ1) is 18.2. The lowest BCUT2D eigenvalue weighted by molar-refractivity contribution is -0.113. The van der Waals surface area contributed by atoms with Crippen LogP contribution in [-0.2, 0) is 14.6 Å². The van der Waals surface area contributed by atoms with Gasteiger partial charge in [-0.05, 0) is 51.8 Å². The van der Waals surface area contributed by atoms with Gasteiger partial charge in [0.2, 0.25) is 5.91 Å². The lowest BCUT2D eigenvalue weighted by atomic mass is 10.0. The highest BCUT2D eigenvalue weighted by Gasteiger charge is 2.31. The molecule has 0 radical (unpaired) electrons. The predicted molar refractivity (Wildman–Crippen MR) is 85.0 cm³/mol. The van der Waals surface area contributed by atoms with Crippen molar-refractivity contribution in [3.63, 3.8) is 0 Å². The van der Waals surface area contributed by atoms with Gasteiger partial charge in [0.15, 0.2) is 9.84 Å². The van der Waals surface area contributed by atoms with Gasteiger partial charge >= 0.3 is 5.97 Å². The van der Waals surface area contributed by atoms with Gasteiger partial charge in [-0.15, -0.1) is 0 Å². The highest BCUT2D eigenvalue weighted by atomic mass is 32.2. The smallest absolute Gasteiger partial charge is 0.336 e. The minimum absolute atomic E-state index is 0.0691. The normalized spacial score (nSPS) is 12.0. The number of hydrogen-bond acceptors (Lipinski definition) is 4. The summed E-state index contributed by atoms with van der Waals surface area (Å²) in [5.41, 5.74) is 1.62. The molecule has 1 rings (SSSR count). The fourth-order valence-corrected chi connectivity index (χ4v) is 2.64. The fourth-order valence-electron chi connectivity index (χ4n) is 1.79. The van der Waals surface area contributed by atoms with Gasteiger partial charge in [0.05, 0.1) is 10.3 Å². The molecule has 0 atom stereocenters. The summed E-state index contributed by atoms with van der Waals surface area (Å²) in [5.74, 6) is -2.43. The zero-order chi connectivity index (χ0) is 17.3. The van der Waals surface area contributed by atoms with Crippen molar-refractivity contribution in [1.82, 2.24) is 0 Å². The Morgan fingerprint density at radius 3 is 2.14 bits per heavy atom. The molecule has 0 bridgehead atoms. The number of aromatic carboxylic acids is 1. The molecule has 7 heteroatoms. The summed E-state index contributed by atoms with van der Waals surface area (Å²) in [6, 6.07) is 2.98. The second kappa shape index (κ2) is 6.08. The Labute approximate surface area is 130 Å². The Morgan fingerprint density at radius 1 is 1.14 bits per heavy atom. The molecule has 0 saturated carbocycles. The molecule has 122 valence electrons. The number of rotatable bonds is 4. The van der Waals surface area contributed by atoms with E-state index in [2.05, 4.69) is 5.32 Å². The van der Waals surface area contributed by atoms with Crippen molar-refractivity contribution in [1.29, 1.82) is 0 Å². The van der Waals surface area contributed by atoms with Gasteiger partial charge in [-0.1, -0.05) is 6.07 Å². The molecule has 22 heavy (non-hydrogen) atoms. The summed E-state index contributed by atoms with van der Waals surface area (Å²) in [6.07, 6.45) is 0. The van der Waals surface area contributed by atoms with Crippen molar-refractivity contribution < 1.29 is 23.1 Å². The van der Waals surface area contributed by atoms with Crippen LogP contribution >= 0.6 is 0 Å². The topological polar surface area (TPSA) is 101 Å². The third-order valence-electron chi connectivity index (χ3n) is 3.33. The number of nitrogens with one attached hydrogen (secondary N) is 1. The number of carbonyl (C=O) groups excluding carboxylic acids is 1. The van der Waals surface area contributed by atoms with E-state index in [1.165, 1.54) is 26.8 Å². The number of anilines is 1. The van der Waals surface area contributed by atoms with E-state index in [9.17, 15) is 18.0 Å². The molecule has 0 spiro atoms. The fraction of sp³-hybridized carbons (Fsp3) is 0.467. The maximum absolute atomic E-state index is 12.0.